The lowest BCUT2D eigenvalue weighted by Crippen LogP contribution is -2.20. The van der Waals surface area contributed by atoms with E-state index in [9.17, 15) is 18.0 Å². The number of anilines is 1. The Morgan fingerprint density at radius 2 is 1.89 bits per heavy atom. The molecule has 0 aliphatic carbocycles. The fourth-order valence-corrected chi connectivity index (χ4v) is 3.11. The summed E-state index contributed by atoms with van der Waals surface area (Å²) >= 11 is 12.3. The Kier molecular flexibility index (Phi) is 5.67. The zero-order chi connectivity index (χ0) is 20.5. The van der Waals surface area contributed by atoms with E-state index < -0.39 is 24.3 Å². The van der Waals surface area contributed by atoms with Crippen LogP contribution in [0.3, 0.4) is 0 Å². The van der Waals surface area contributed by atoms with E-state index in [2.05, 4.69) is 10.3 Å². The number of ether oxygens (including phenoxy) is 1. The molecule has 0 fully saturated rings. The van der Waals surface area contributed by atoms with Gasteiger partial charge in [-0.1, -0.05) is 29.3 Å². The average Bonchev–Trinajstić information content (AvgIpc) is 2.60. The Morgan fingerprint density at radius 1 is 1.14 bits per heavy atom. The van der Waals surface area contributed by atoms with Gasteiger partial charge in [-0.05, 0) is 43.3 Å². The third-order valence-corrected chi connectivity index (χ3v) is 4.39. The molecule has 146 valence electrons. The number of fused-ring (bicyclic) bond motifs is 1. The van der Waals surface area contributed by atoms with Gasteiger partial charge in [0.05, 0.1) is 15.6 Å². The lowest BCUT2D eigenvalue weighted by Gasteiger charge is -2.13. The first-order valence-corrected chi connectivity index (χ1v) is 8.76. The zero-order valence-corrected chi connectivity index (χ0v) is 15.9. The number of carbonyl (C=O) groups is 1. The summed E-state index contributed by atoms with van der Waals surface area (Å²) in [6.45, 7) is 1.31. The SMILES string of the molecule is Cc1ccc2c(Cl)cc(Cl)c(OCC(=O)Nc3cccc(C(F)(F)F)c3)c2n1. The second-order valence-electron chi connectivity index (χ2n) is 5.93. The number of amides is 1. The summed E-state index contributed by atoms with van der Waals surface area (Å²) in [6.07, 6.45) is -4.50. The molecule has 0 bridgehead atoms. The van der Waals surface area contributed by atoms with E-state index in [4.69, 9.17) is 27.9 Å². The van der Waals surface area contributed by atoms with Crippen LogP contribution in [-0.2, 0) is 11.0 Å². The molecular weight excluding hydrogens is 416 g/mol. The van der Waals surface area contributed by atoms with Crippen LogP contribution in [0.5, 0.6) is 5.75 Å². The summed E-state index contributed by atoms with van der Waals surface area (Å²) in [6, 6.07) is 9.31. The standard InChI is InChI=1S/C19H13Cl2F3N2O2/c1-10-5-6-13-14(20)8-15(21)18(17(13)25-10)28-9-16(27)26-12-4-2-3-11(7-12)19(22,23)24/h2-8H,9H2,1H3,(H,26,27). The van der Waals surface area contributed by atoms with Crippen molar-refractivity contribution in [2.24, 2.45) is 0 Å². The molecule has 0 spiro atoms. The number of aromatic nitrogens is 1. The van der Waals surface area contributed by atoms with Crippen LogP contribution in [0.4, 0.5) is 18.9 Å². The second-order valence-corrected chi connectivity index (χ2v) is 6.75. The van der Waals surface area contributed by atoms with Crippen molar-refractivity contribution >= 4 is 45.7 Å². The molecule has 0 unspecified atom stereocenters. The van der Waals surface area contributed by atoms with Crippen molar-refractivity contribution in [3.8, 4) is 5.75 Å². The number of alkyl halides is 3. The third kappa shape index (κ3) is 4.48. The van der Waals surface area contributed by atoms with Crippen LogP contribution in [0.15, 0.2) is 42.5 Å². The fourth-order valence-electron chi connectivity index (χ4n) is 2.54. The van der Waals surface area contributed by atoms with E-state index >= 15 is 0 Å². The van der Waals surface area contributed by atoms with Crippen LogP contribution >= 0.6 is 23.2 Å². The van der Waals surface area contributed by atoms with Crippen molar-refractivity contribution in [2.75, 3.05) is 11.9 Å². The minimum Gasteiger partial charge on any atom is -0.480 e. The summed E-state index contributed by atoms with van der Waals surface area (Å²) in [5.74, 6) is -0.477. The lowest BCUT2D eigenvalue weighted by atomic mass is 10.2. The predicted molar refractivity (Wildman–Crippen MR) is 102 cm³/mol. The maximum Gasteiger partial charge on any atom is 0.416 e. The molecule has 3 aromatic rings. The molecule has 0 radical (unpaired) electrons. The second kappa shape index (κ2) is 7.85. The molecule has 2 aromatic carbocycles. The minimum atomic E-state index is -4.50. The molecule has 0 aliphatic rings. The highest BCUT2D eigenvalue weighted by molar-refractivity contribution is 6.39. The van der Waals surface area contributed by atoms with Gasteiger partial charge in [-0.2, -0.15) is 13.2 Å². The van der Waals surface area contributed by atoms with Gasteiger partial charge < -0.3 is 10.1 Å². The number of halogens is 5. The third-order valence-electron chi connectivity index (χ3n) is 3.80. The van der Waals surface area contributed by atoms with Crippen molar-refractivity contribution in [1.29, 1.82) is 0 Å². The van der Waals surface area contributed by atoms with Crippen molar-refractivity contribution in [2.45, 2.75) is 13.1 Å². The molecule has 1 amide bonds. The number of hydrogen-bond donors (Lipinski definition) is 1. The Labute approximate surface area is 168 Å². The van der Waals surface area contributed by atoms with Crippen LogP contribution in [-0.4, -0.2) is 17.5 Å². The zero-order valence-electron chi connectivity index (χ0n) is 14.4. The predicted octanol–water partition coefficient (Wildman–Crippen LogP) is 5.89. The van der Waals surface area contributed by atoms with E-state index in [0.717, 1.165) is 12.1 Å². The summed E-state index contributed by atoms with van der Waals surface area (Å²) in [7, 11) is 0. The summed E-state index contributed by atoms with van der Waals surface area (Å²) in [5.41, 5.74) is 0.232. The van der Waals surface area contributed by atoms with Crippen molar-refractivity contribution in [3.05, 3.63) is 63.8 Å². The Bertz CT molecular complexity index is 1060. The van der Waals surface area contributed by atoms with Gasteiger partial charge >= 0.3 is 6.18 Å². The maximum atomic E-state index is 12.8. The average molecular weight is 429 g/mol. The molecule has 4 nitrogen and oxygen atoms in total. The maximum absolute atomic E-state index is 12.8. The Hall–Kier alpha value is -2.51. The highest BCUT2D eigenvalue weighted by Gasteiger charge is 2.30. The van der Waals surface area contributed by atoms with Crippen molar-refractivity contribution in [3.63, 3.8) is 0 Å². The number of carbonyl (C=O) groups excluding carboxylic acids is 1. The first-order chi connectivity index (χ1) is 13.1. The molecule has 0 aliphatic heterocycles. The highest BCUT2D eigenvalue weighted by atomic mass is 35.5. The van der Waals surface area contributed by atoms with Gasteiger partial charge in [0, 0.05) is 16.8 Å². The molecule has 1 N–H and O–H groups in total. The van der Waals surface area contributed by atoms with Crippen LogP contribution < -0.4 is 10.1 Å². The van der Waals surface area contributed by atoms with Crippen LogP contribution in [0.25, 0.3) is 10.9 Å². The molecule has 1 aromatic heterocycles. The largest absolute Gasteiger partial charge is 0.480 e. The normalized spacial score (nSPS) is 11.5. The number of pyridine rings is 1. The molecule has 0 atom stereocenters. The van der Waals surface area contributed by atoms with E-state index in [-0.39, 0.29) is 16.5 Å². The van der Waals surface area contributed by atoms with Gasteiger partial charge in [-0.25, -0.2) is 4.98 Å². The Morgan fingerprint density at radius 3 is 2.61 bits per heavy atom. The summed E-state index contributed by atoms with van der Waals surface area (Å²) < 4.78 is 43.8. The minimum absolute atomic E-state index is 0.00413. The number of nitrogens with zero attached hydrogens (tertiary/aromatic N) is 1. The smallest absolute Gasteiger partial charge is 0.416 e. The van der Waals surface area contributed by atoms with Gasteiger partial charge in [0.25, 0.3) is 5.91 Å². The molecule has 9 heteroatoms. The van der Waals surface area contributed by atoms with E-state index in [0.29, 0.717) is 21.6 Å². The number of nitrogens with one attached hydrogen (secondary N) is 1. The lowest BCUT2D eigenvalue weighted by molar-refractivity contribution is -0.137. The van der Waals surface area contributed by atoms with Gasteiger partial charge in [0.2, 0.25) is 0 Å². The number of rotatable bonds is 4. The molecule has 1 heterocycles. The quantitative estimate of drug-likeness (QED) is 0.563. The fraction of sp³-hybridized carbons (Fsp3) is 0.158. The van der Waals surface area contributed by atoms with Gasteiger partial charge in [-0.15, -0.1) is 0 Å². The summed E-state index contributed by atoms with van der Waals surface area (Å²) in [5, 5.41) is 3.51. The molecule has 0 saturated carbocycles. The molecule has 0 saturated heterocycles. The first kappa shape index (κ1) is 20.2. The van der Waals surface area contributed by atoms with E-state index in [1.165, 1.54) is 18.2 Å². The highest BCUT2D eigenvalue weighted by Crippen LogP contribution is 2.37. The Balaban J connectivity index is 1.78. The van der Waals surface area contributed by atoms with Gasteiger partial charge in [0.15, 0.2) is 12.4 Å². The van der Waals surface area contributed by atoms with E-state index in [1.54, 1.807) is 19.1 Å². The van der Waals surface area contributed by atoms with Gasteiger partial charge in [-0.3, -0.25) is 4.79 Å². The molecule has 3 rings (SSSR count). The van der Waals surface area contributed by atoms with Crippen LogP contribution in [0.1, 0.15) is 11.3 Å². The summed E-state index contributed by atoms with van der Waals surface area (Å²) in [4.78, 5) is 16.5. The molecule has 28 heavy (non-hydrogen) atoms. The number of benzene rings is 2. The number of aryl methyl sites for hydroxylation is 1. The van der Waals surface area contributed by atoms with Crippen molar-refractivity contribution < 1.29 is 22.7 Å². The van der Waals surface area contributed by atoms with Crippen molar-refractivity contribution in [1.82, 2.24) is 4.98 Å². The van der Waals surface area contributed by atoms with Crippen LogP contribution in [0.2, 0.25) is 10.0 Å². The molecular formula is C19H13Cl2F3N2O2. The van der Waals surface area contributed by atoms with Crippen LogP contribution in [0, 0.1) is 6.92 Å². The monoisotopic (exact) mass is 428 g/mol. The van der Waals surface area contributed by atoms with E-state index in [1.807, 2.05) is 0 Å². The number of hydrogen-bond acceptors (Lipinski definition) is 3. The van der Waals surface area contributed by atoms with Gasteiger partial charge in [0.1, 0.15) is 5.52 Å². The first-order valence-electron chi connectivity index (χ1n) is 8.00. The topological polar surface area (TPSA) is 51.2 Å².